The molecular weight excluding hydrogens is 435 g/mol. The average Bonchev–Trinajstić information content (AvgIpc) is 2.82. The molecule has 0 saturated carbocycles. The fourth-order valence-electron chi connectivity index (χ4n) is 2.65. The summed E-state index contributed by atoms with van der Waals surface area (Å²) in [4.78, 5) is 36.6. The molecular formula is C24H18ClFN2O4. The summed E-state index contributed by atoms with van der Waals surface area (Å²) in [6.45, 7) is -0.632. The first-order valence-corrected chi connectivity index (χ1v) is 9.85. The molecule has 6 nitrogen and oxygen atoms in total. The third kappa shape index (κ3) is 6.52. The van der Waals surface area contributed by atoms with E-state index in [4.69, 9.17) is 16.3 Å². The zero-order valence-electron chi connectivity index (χ0n) is 16.7. The van der Waals surface area contributed by atoms with Crippen LogP contribution in [-0.4, -0.2) is 24.4 Å². The van der Waals surface area contributed by atoms with Gasteiger partial charge in [-0.3, -0.25) is 20.4 Å². The van der Waals surface area contributed by atoms with Crippen LogP contribution in [0.25, 0.3) is 11.6 Å². The van der Waals surface area contributed by atoms with Crippen molar-refractivity contribution in [2.45, 2.75) is 0 Å². The van der Waals surface area contributed by atoms with Crippen molar-refractivity contribution in [1.82, 2.24) is 10.9 Å². The molecule has 3 aromatic rings. The Morgan fingerprint density at radius 2 is 1.50 bits per heavy atom. The highest BCUT2D eigenvalue weighted by atomic mass is 35.5. The SMILES string of the molecule is O=C(COC(=O)/C(=C/c1ccc(Cl)cc1)c1ccc(F)cc1)NNC(=O)c1ccccc1. The molecule has 0 aliphatic rings. The Hall–Kier alpha value is -3.97. The van der Waals surface area contributed by atoms with Crippen LogP contribution in [0.4, 0.5) is 4.39 Å². The van der Waals surface area contributed by atoms with Crippen LogP contribution in [0.3, 0.4) is 0 Å². The van der Waals surface area contributed by atoms with Crippen molar-refractivity contribution in [2.24, 2.45) is 0 Å². The second-order valence-corrected chi connectivity index (χ2v) is 7.00. The fraction of sp³-hybridized carbons (Fsp3) is 0.0417. The van der Waals surface area contributed by atoms with E-state index >= 15 is 0 Å². The number of halogens is 2. The van der Waals surface area contributed by atoms with Gasteiger partial charge in [-0.05, 0) is 53.6 Å². The Bertz CT molecular complexity index is 1130. The van der Waals surface area contributed by atoms with E-state index in [9.17, 15) is 18.8 Å². The molecule has 2 N–H and O–H groups in total. The molecule has 162 valence electrons. The second kappa shape index (κ2) is 10.9. The molecule has 3 rings (SSSR count). The second-order valence-electron chi connectivity index (χ2n) is 6.56. The lowest BCUT2D eigenvalue weighted by Gasteiger charge is -2.10. The van der Waals surface area contributed by atoms with Gasteiger partial charge in [-0.15, -0.1) is 0 Å². The lowest BCUT2D eigenvalue weighted by Crippen LogP contribution is -2.43. The predicted octanol–water partition coefficient (Wildman–Crippen LogP) is 4.02. The highest BCUT2D eigenvalue weighted by Gasteiger charge is 2.16. The van der Waals surface area contributed by atoms with Crippen LogP contribution in [0.2, 0.25) is 5.02 Å². The minimum Gasteiger partial charge on any atom is -0.452 e. The maximum Gasteiger partial charge on any atom is 0.339 e. The number of hydrogen-bond acceptors (Lipinski definition) is 4. The molecule has 0 saturated heterocycles. The minimum absolute atomic E-state index is 0.119. The number of nitrogens with one attached hydrogen (secondary N) is 2. The number of carbonyl (C=O) groups excluding carboxylic acids is 3. The summed E-state index contributed by atoms with van der Waals surface area (Å²) in [5.41, 5.74) is 5.95. The molecule has 0 spiro atoms. The van der Waals surface area contributed by atoms with Gasteiger partial charge in [0.05, 0.1) is 5.57 Å². The first kappa shape index (κ1) is 22.7. The van der Waals surface area contributed by atoms with Crippen molar-refractivity contribution in [1.29, 1.82) is 0 Å². The van der Waals surface area contributed by atoms with E-state index in [2.05, 4.69) is 10.9 Å². The van der Waals surface area contributed by atoms with Crippen LogP contribution in [0.1, 0.15) is 21.5 Å². The van der Waals surface area contributed by atoms with Crippen LogP contribution >= 0.6 is 11.6 Å². The van der Waals surface area contributed by atoms with Gasteiger partial charge in [-0.25, -0.2) is 9.18 Å². The van der Waals surface area contributed by atoms with E-state index in [1.54, 1.807) is 60.7 Å². The lowest BCUT2D eigenvalue weighted by molar-refractivity contribution is -0.143. The number of esters is 1. The number of ether oxygens (including phenoxy) is 1. The monoisotopic (exact) mass is 452 g/mol. The highest BCUT2D eigenvalue weighted by molar-refractivity contribution is 6.30. The van der Waals surface area contributed by atoms with Crippen molar-refractivity contribution in [2.75, 3.05) is 6.61 Å². The maximum atomic E-state index is 13.3. The van der Waals surface area contributed by atoms with Gasteiger partial charge in [-0.1, -0.05) is 54.1 Å². The zero-order chi connectivity index (χ0) is 22.9. The Labute approximate surface area is 188 Å². The first-order chi connectivity index (χ1) is 15.4. The summed E-state index contributed by atoms with van der Waals surface area (Å²) in [6.07, 6.45) is 1.54. The van der Waals surface area contributed by atoms with Gasteiger partial charge in [0.15, 0.2) is 6.61 Å². The third-order valence-electron chi connectivity index (χ3n) is 4.24. The Kier molecular flexibility index (Phi) is 7.72. The molecule has 8 heteroatoms. The van der Waals surface area contributed by atoms with Crippen molar-refractivity contribution >= 4 is 41.0 Å². The van der Waals surface area contributed by atoms with Crippen LogP contribution in [-0.2, 0) is 14.3 Å². The minimum atomic E-state index is -0.795. The normalized spacial score (nSPS) is 10.9. The van der Waals surface area contributed by atoms with Gasteiger partial charge >= 0.3 is 5.97 Å². The summed E-state index contributed by atoms with van der Waals surface area (Å²) in [5, 5.41) is 0.530. The number of benzene rings is 3. The van der Waals surface area contributed by atoms with Crippen LogP contribution in [0.15, 0.2) is 78.9 Å². The van der Waals surface area contributed by atoms with Gasteiger partial charge in [0.1, 0.15) is 5.82 Å². The van der Waals surface area contributed by atoms with Gasteiger partial charge < -0.3 is 4.74 Å². The van der Waals surface area contributed by atoms with Gasteiger partial charge in [0.25, 0.3) is 11.8 Å². The van der Waals surface area contributed by atoms with E-state index in [0.29, 0.717) is 21.7 Å². The van der Waals surface area contributed by atoms with Gasteiger partial charge in [0.2, 0.25) is 0 Å². The molecule has 0 atom stereocenters. The number of carbonyl (C=O) groups is 3. The van der Waals surface area contributed by atoms with E-state index in [-0.39, 0.29) is 5.57 Å². The van der Waals surface area contributed by atoms with E-state index in [1.165, 1.54) is 24.3 Å². The molecule has 0 fully saturated rings. The molecule has 0 unspecified atom stereocenters. The number of rotatable bonds is 6. The molecule has 32 heavy (non-hydrogen) atoms. The van der Waals surface area contributed by atoms with Crippen LogP contribution < -0.4 is 10.9 Å². The molecule has 2 amide bonds. The molecule has 0 bridgehead atoms. The summed E-state index contributed by atoms with van der Waals surface area (Å²) in [5.74, 6) is -2.50. The first-order valence-electron chi connectivity index (χ1n) is 9.47. The van der Waals surface area contributed by atoms with Gasteiger partial charge in [0, 0.05) is 10.6 Å². The Balaban J connectivity index is 1.65. The largest absolute Gasteiger partial charge is 0.452 e. The fourth-order valence-corrected chi connectivity index (χ4v) is 2.77. The van der Waals surface area contributed by atoms with Gasteiger partial charge in [-0.2, -0.15) is 0 Å². The van der Waals surface area contributed by atoms with E-state index in [1.807, 2.05) is 0 Å². The molecule has 0 aliphatic carbocycles. The lowest BCUT2D eigenvalue weighted by atomic mass is 10.0. The van der Waals surface area contributed by atoms with E-state index in [0.717, 1.165) is 0 Å². The van der Waals surface area contributed by atoms with Crippen molar-refractivity contribution in [3.8, 4) is 0 Å². The topological polar surface area (TPSA) is 84.5 Å². The van der Waals surface area contributed by atoms with Crippen LogP contribution in [0, 0.1) is 5.82 Å². The molecule has 0 aliphatic heterocycles. The zero-order valence-corrected chi connectivity index (χ0v) is 17.4. The predicted molar refractivity (Wildman–Crippen MR) is 119 cm³/mol. The third-order valence-corrected chi connectivity index (χ3v) is 4.49. The van der Waals surface area contributed by atoms with E-state index < -0.39 is 30.2 Å². The average molecular weight is 453 g/mol. The van der Waals surface area contributed by atoms with Crippen molar-refractivity contribution < 1.29 is 23.5 Å². The molecule has 0 radical (unpaired) electrons. The Morgan fingerprint density at radius 1 is 0.844 bits per heavy atom. The number of hydrogen-bond donors (Lipinski definition) is 2. The number of amides is 2. The van der Waals surface area contributed by atoms with Crippen molar-refractivity contribution in [3.63, 3.8) is 0 Å². The summed E-state index contributed by atoms with van der Waals surface area (Å²) < 4.78 is 18.4. The summed E-state index contributed by atoms with van der Waals surface area (Å²) >= 11 is 5.89. The molecule has 0 heterocycles. The smallest absolute Gasteiger partial charge is 0.339 e. The molecule has 0 aromatic heterocycles. The quantitative estimate of drug-likeness (QED) is 0.256. The maximum absolute atomic E-state index is 13.3. The summed E-state index contributed by atoms with van der Waals surface area (Å²) in [6, 6.07) is 20.3. The van der Waals surface area contributed by atoms with Crippen molar-refractivity contribution in [3.05, 3.63) is 106 Å². The Morgan fingerprint density at radius 3 is 2.16 bits per heavy atom. The molecule has 3 aromatic carbocycles. The standard InChI is InChI=1S/C24H18ClFN2O4/c25-19-10-6-16(7-11-19)14-21(17-8-12-20(26)13-9-17)24(31)32-15-22(29)27-28-23(30)18-4-2-1-3-5-18/h1-14H,15H2,(H,27,29)(H,28,30)/b21-14+. The summed E-state index contributed by atoms with van der Waals surface area (Å²) in [7, 11) is 0. The van der Waals surface area contributed by atoms with Crippen LogP contribution in [0.5, 0.6) is 0 Å². The highest BCUT2D eigenvalue weighted by Crippen LogP contribution is 2.21. The number of hydrazine groups is 1.